The molecule has 0 saturated carbocycles. The fraction of sp³-hybridized carbons (Fsp3) is 0.303. The minimum Gasteiger partial charge on any atom is -0.452 e. The number of carbonyl (C=O) groups is 6. The van der Waals surface area contributed by atoms with Crippen molar-refractivity contribution >= 4 is 35.8 Å². The Kier molecular flexibility index (Phi) is 24.4. The van der Waals surface area contributed by atoms with Crippen molar-refractivity contribution < 1.29 is 85.6 Å². The Morgan fingerprint density at radius 1 is 0.385 bits per heavy atom. The van der Waals surface area contributed by atoms with Crippen LogP contribution in [0.15, 0.2) is 205 Å². The molecule has 494 valence electrons. The van der Waals surface area contributed by atoms with Crippen molar-refractivity contribution in [1.82, 2.24) is 30.0 Å². The zero-order valence-electron chi connectivity index (χ0n) is 51.0. The summed E-state index contributed by atoms with van der Waals surface area (Å²) < 4.78 is 75.9. The van der Waals surface area contributed by atoms with Gasteiger partial charge < -0.3 is 56.8 Å². The van der Waals surface area contributed by atoms with Gasteiger partial charge in [-0.15, -0.1) is 10.2 Å². The van der Waals surface area contributed by atoms with Gasteiger partial charge in [-0.25, -0.2) is 38.1 Å². The summed E-state index contributed by atoms with van der Waals surface area (Å²) in [4.78, 5) is 88.4. The van der Waals surface area contributed by atoms with Crippen LogP contribution in [0, 0.1) is 0 Å². The number of carbonyl (C=O) groups excluding carboxylic acids is 6. The lowest BCUT2D eigenvalue weighted by atomic mass is 9.97. The quantitative estimate of drug-likeness (QED) is 0.00989. The van der Waals surface area contributed by atoms with Crippen LogP contribution in [-0.4, -0.2) is 167 Å². The average molecular weight is 1310 g/mol. The molecule has 30 nitrogen and oxygen atoms in total. The molecule has 2 aromatic heterocycles. The number of nitrogens with zero attached hydrogens (tertiary/aromatic N) is 12. The van der Waals surface area contributed by atoms with Gasteiger partial charge in [-0.1, -0.05) is 130 Å². The molecule has 8 aromatic rings. The Morgan fingerprint density at radius 2 is 0.656 bits per heavy atom. The predicted octanol–water partition coefficient (Wildman–Crippen LogP) is 8.06. The van der Waals surface area contributed by atoms with Gasteiger partial charge in [0.1, 0.15) is 23.6 Å². The van der Waals surface area contributed by atoms with Gasteiger partial charge in [0.2, 0.25) is 0 Å². The molecular weight excluding hydrogens is 1250 g/mol. The number of hydrogen-bond acceptors (Lipinski definition) is 24. The van der Waals surface area contributed by atoms with E-state index < -0.39 is 110 Å². The molecule has 0 bridgehead atoms. The van der Waals surface area contributed by atoms with Crippen LogP contribution in [-0.2, 0) is 83.1 Å². The predicted molar refractivity (Wildman–Crippen MR) is 330 cm³/mol. The minimum absolute atomic E-state index is 0.132. The van der Waals surface area contributed by atoms with Crippen LogP contribution in [0.2, 0.25) is 0 Å². The molecule has 6 aromatic carbocycles. The van der Waals surface area contributed by atoms with Gasteiger partial charge in [0.25, 0.3) is 0 Å². The molecule has 2 aliphatic heterocycles. The van der Waals surface area contributed by atoms with Gasteiger partial charge in [0.15, 0.2) is 49.2 Å². The number of azide groups is 2. The molecule has 2 aliphatic rings. The Balaban J connectivity index is 0.734. The van der Waals surface area contributed by atoms with Gasteiger partial charge in [-0.2, -0.15) is 0 Å². The number of hydrogen-bond donors (Lipinski definition) is 0. The molecule has 10 rings (SSSR count). The zero-order chi connectivity index (χ0) is 66.9. The van der Waals surface area contributed by atoms with Crippen LogP contribution in [0.1, 0.15) is 73.5 Å². The Labute approximate surface area is 546 Å². The van der Waals surface area contributed by atoms with E-state index in [-0.39, 0.29) is 86.1 Å². The lowest BCUT2D eigenvalue weighted by Crippen LogP contribution is -2.62. The van der Waals surface area contributed by atoms with Crippen LogP contribution >= 0.6 is 0 Å². The van der Waals surface area contributed by atoms with E-state index in [1.54, 1.807) is 122 Å². The molecule has 2 fully saturated rings. The van der Waals surface area contributed by atoms with Crippen molar-refractivity contribution in [2.75, 3.05) is 39.5 Å². The summed E-state index contributed by atoms with van der Waals surface area (Å²) in [6.07, 6.45) is -11.8. The molecule has 0 spiro atoms. The lowest BCUT2D eigenvalue weighted by Gasteiger charge is -2.44. The second-order valence-corrected chi connectivity index (χ2v) is 21.1. The first-order valence-electron chi connectivity index (χ1n) is 30.1. The second kappa shape index (κ2) is 34.6. The van der Waals surface area contributed by atoms with Crippen molar-refractivity contribution in [2.45, 2.75) is 87.7 Å². The van der Waals surface area contributed by atoms with Crippen molar-refractivity contribution in [3.05, 3.63) is 260 Å². The average Bonchev–Trinajstić information content (AvgIpc) is 0.909. The number of ether oxygens (including phenoxy) is 12. The fourth-order valence-corrected chi connectivity index (χ4v) is 9.95. The SMILES string of the molecule is [N-]=[N+]=NC[C@H]1O[C@@H](OCc2cn(CCOCCOCCn3cc(CO[C@@H]4O[C@H](CN=[N+]=[N-])C(OC(=O)c5ccccc5)[C@H](OC(=O)c5ccccc5)[C@@H]4OC(=O)c4ccccc4)nn3)nn2)[C@@H](OC(=O)c2ccccc2)[C@@H](OC(=O)c2ccccc2)C1OC(=O)c1ccccc1. The van der Waals surface area contributed by atoms with Crippen LogP contribution < -0.4 is 0 Å². The third-order valence-corrected chi connectivity index (χ3v) is 14.6. The highest BCUT2D eigenvalue weighted by atomic mass is 16.7. The molecule has 2 saturated heterocycles. The third-order valence-electron chi connectivity index (χ3n) is 14.6. The largest absolute Gasteiger partial charge is 0.452 e. The van der Waals surface area contributed by atoms with Gasteiger partial charge in [0, 0.05) is 9.82 Å². The monoisotopic (exact) mass is 1310 g/mol. The molecule has 0 aliphatic carbocycles. The summed E-state index contributed by atoms with van der Waals surface area (Å²) in [5.41, 5.74) is 20.2. The smallest absolute Gasteiger partial charge is 0.338 e. The summed E-state index contributed by atoms with van der Waals surface area (Å²) in [5, 5.41) is 24.2. The highest BCUT2D eigenvalue weighted by Crippen LogP contribution is 2.34. The van der Waals surface area contributed by atoms with E-state index >= 15 is 0 Å². The third kappa shape index (κ3) is 18.8. The standard InChI is InChI=1S/C66H62N12O18/c67-73-69-37-51-53(91-59(79)43-19-7-1-8-20-43)55(93-61(81)45-23-11-3-12-24-45)57(95-63(83)47-27-15-5-16-28-47)65(89-51)87-41-49-39-77(75-71-49)31-33-85-35-36-86-34-32-78-40-50(72-76-78)42-88-66-58(96-64(84)48-29-17-6-18-30-48)56(94-62(82)46-25-13-4-14-26-46)54(52(90-66)38-70-74-68)92-60(80)44-21-9-2-10-22-44/h1-30,39-40,51-58,65-66H,31-38,41-42H2/t51-,52-,53?,54?,55+,56+,57+,58+,65-,66-/m1/s1. The number of rotatable bonds is 31. The van der Waals surface area contributed by atoms with E-state index in [0.717, 1.165) is 0 Å². The topological polar surface area (TPSA) is 372 Å². The second-order valence-electron chi connectivity index (χ2n) is 21.1. The Morgan fingerprint density at radius 3 is 0.938 bits per heavy atom. The van der Waals surface area contributed by atoms with E-state index in [4.69, 9.17) is 56.8 Å². The molecule has 0 N–H and O–H groups in total. The van der Waals surface area contributed by atoms with E-state index in [1.165, 1.54) is 82.2 Å². The molecule has 30 heteroatoms. The Hall–Kier alpha value is -11.2. The van der Waals surface area contributed by atoms with Gasteiger partial charge >= 0.3 is 35.8 Å². The molecule has 4 heterocycles. The van der Waals surface area contributed by atoms with E-state index in [9.17, 15) is 39.8 Å². The van der Waals surface area contributed by atoms with E-state index in [1.807, 2.05) is 0 Å². The van der Waals surface area contributed by atoms with Gasteiger partial charge in [-0.05, 0) is 83.9 Å². The minimum atomic E-state index is -1.59. The first-order valence-corrected chi connectivity index (χ1v) is 30.1. The fourth-order valence-electron chi connectivity index (χ4n) is 9.95. The molecular formula is C66H62N12O18. The maximum Gasteiger partial charge on any atom is 0.338 e. The van der Waals surface area contributed by atoms with Crippen LogP contribution in [0.4, 0.5) is 0 Å². The summed E-state index contributed by atoms with van der Waals surface area (Å²) >= 11 is 0. The maximum absolute atomic E-state index is 13.8. The maximum atomic E-state index is 13.8. The summed E-state index contributed by atoms with van der Waals surface area (Å²) in [5.74, 6) is -5.06. The normalized spacial score (nSPS) is 20.4. The van der Waals surface area contributed by atoms with Gasteiger partial charge in [-0.3, -0.25) is 0 Å². The molecule has 96 heavy (non-hydrogen) atoms. The zero-order valence-corrected chi connectivity index (χ0v) is 51.0. The summed E-state index contributed by atoms with van der Waals surface area (Å²) in [6.45, 7) is -0.117. The summed E-state index contributed by atoms with van der Waals surface area (Å²) in [6, 6.07) is 48.0. The van der Waals surface area contributed by atoms with Crippen molar-refractivity contribution in [3.8, 4) is 0 Å². The van der Waals surface area contributed by atoms with Crippen LogP contribution in [0.3, 0.4) is 0 Å². The summed E-state index contributed by atoms with van der Waals surface area (Å²) in [7, 11) is 0. The molecule has 0 radical (unpaired) electrons. The van der Waals surface area contributed by atoms with Crippen molar-refractivity contribution in [1.29, 1.82) is 0 Å². The number of aromatic nitrogens is 6. The van der Waals surface area contributed by atoms with E-state index in [0.29, 0.717) is 11.4 Å². The van der Waals surface area contributed by atoms with E-state index in [2.05, 4.69) is 40.7 Å². The highest BCUT2D eigenvalue weighted by molar-refractivity contribution is 5.93. The molecule has 0 amide bonds. The van der Waals surface area contributed by atoms with Crippen LogP contribution in [0.5, 0.6) is 0 Å². The van der Waals surface area contributed by atoms with Crippen molar-refractivity contribution in [3.63, 3.8) is 0 Å². The first-order chi connectivity index (χ1) is 47.0. The highest BCUT2D eigenvalue weighted by Gasteiger charge is 2.55. The lowest BCUT2D eigenvalue weighted by molar-refractivity contribution is -0.295. The number of benzene rings is 6. The molecule has 2 unspecified atom stereocenters. The number of esters is 6. The van der Waals surface area contributed by atoms with Gasteiger partial charge in [0.05, 0.1) is 112 Å². The Bertz CT molecular complexity index is 3690. The first kappa shape index (κ1) is 67.7. The molecule has 10 atom stereocenters. The van der Waals surface area contributed by atoms with Crippen LogP contribution in [0.25, 0.3) is 20.9 Å². The van der Waals surface area contributed by atoms with Crippen molar-refractivity contribution in [2.24, 2.45) is 10.2 Å².